The van der Waals surface area contributed by atoms with Gasteiger partial charge >= 0.3 is 0 Å². The zero-order valence-electron chi connectivity index (χ0n) is 19.7. The van der Waals surface area contributed by atoms with Crippen LogP contribution in [0.2, 0.25) is 0 Å². The van der Waals surface area contributed by atoms with Crippen molar-refractivity contribution in [1.29, 1.82) is 0 Å². The van der Waals surface area contributed by atoms with Gasteiger partial charge in [0.2, 0.25) is 0 Å². The Hall–Kier alpha value is -3.26. The van der Waals surface area contributed by atoms with Crippen LogP contribution < -0.4 is 10.5 Å². The summed E-state index contributed by atoms with van der Waals surface area (Å²) in [6.45, 7) is 8.47. The Morgan fingerprint density at radius 3 is 2.76 bits per heavy atom. The molecular formula is C25H31N5O3. The predicted molar refractivity (Wildman–Crippen MR) is 124 cm³/mol. The van der Waals surface area contributed by atoms with Crippen molar-refractivity contribution in [3.05, 3.63) is 69.6 Å². The maximum atomic E-state index is 11.5. The number of amides is 1. The largest absolute Gasteiger partial charge is 0.496 e. The molecule has 1 aliphatic heterocycles. The van der Waals surface area contributed by atoms with E-state index in [1.807, 2.05) is 26.8 Å². The van der Waals surface area contributed by atoms with E-state index in [9.17, 15) is 4.79 Å². The molecule has 174 valence electrons. The lowest BCUT2D eigenvalue weighted by atomic mass is 9.95. The third-order valence-corrected chi connectivity index (χ3v) is 6.43. The first kappa shape index (κ1) is 22.9. The lowest BCUT2D eigenvalue weighted by molar-refractivity contribution is 0.0998. The molecule has 1 fully saturated rings. The van der Waals surface area contributed by atoms with Crippen LogP contribution in [0.4, 0.5) is 0 Å². The Labute approximate surface area is 194 Å². The lowest BCUT2D eigenvalue weighted by Crippen LogP contribution is -2.34. The van der Waals surface area contributed by atoms with Gasteiger partial charge in [-0.2, -0.15) is 0 Å². The lowest BCUT2D eigenvalue weighted by Gasteiger charge is -2.32. The zero-order valence-corrected chi connectivity index (χ0v) is 19.7. The molecule has 3 heterocycles. The zero-order chi connectivity index (χ0) is 23.5. The Morgan fingerprint density at radius 2 is 2.09 bits per heavy atom. The van der Waals surface area contributed by atoms with Crippen molar-refractivity contribution in [2.45, 2.75) is 52.5 Å². The summed E-state index contributed by atoms with van der Waals surface area (Å²) in [7, 11) is 1.70. The van der Waals surface area contributed by atoms with Crippen molar-refractivity contribution >= 4 is 5.91 Å². The second-order valence-corrected chi connectivity index (χ2v) is 8.79. The quantitative estimate of drug-likeness (QED) is 0.588. The Kier molecular flexibility index (Phi) is 6.74. The third kappa shape index (κ3) is 5.06. The molecule has 2 aromatic heterocycles. The molecule has 0 radical (unpaired) electrons. The van der Waals surface area contributed by atoms with Crippen LogP contribution in [0.3, 0.4) is 0 Å². The van der Waals surface area contributed by atoms with Gasteiger partial charge in [-0.25, -0.2) is 9.97 Å². The highest BCUT2D eigenvalue weighted by molar-refractivity contribution is 5.93. The van der Waals surface area contributed by atoms with Crippen molar-refractivity contribution in [2.24, 2.45) is 5.73 Å². The normalized spacial score (nSPS) is 16.7. The van der Waals surface area contributed by atoms with Gasteiger partial charge in [0.05, 0.1) is 24.1 Å². The number of piperidine rings is 1. The third-order valence-electron chi connectivity index (χ3n) is 6.43. The number of rotatable bonds is 7. The number of hydrogen-bond acceptors (Lipinski definition) is 7. The van der Waals surface area contributed by atoms with Gasteiger partial charge in [-0.15, -0.1) is 0 Å². The van der Waals surface area contributed by atoms with Crippen molar-refractivity contribution < 1.29 is 14.1 Å². The molecule has 1 saturated heterocycles. The Morgan fingerprint density at radius 1 is 1.27 bits per heavy atom. The fourth-order valence-corrected chi connectivity index (χ4v) is 4.60. The van der Waals surface area contributed by atoms with Crippen molar-refractivity contribution in [3.8, 4) is 5.75 Å². The van der Waals surface area contributed by atoms with Crippen molar-refractivity contribution in [1.82, 2.24) is 20.0 Å². The monoisotopic (exact) mass is 449 g/mol. The molecule has 0 spiro atoms. The number of primary amides is 1. The number of nitrogens with zero attached hydrogens (tertiary/aromatic N) is 4. The second kappa shape index (κ2) is 9.70. The van der Waals surface area contributed by atoms with Crippen LogP contribution in [-0.4, -0.2) is 46.1 Å². The number of aromatic nitrogens is 3. The fourth-order valence-electron chi connectivity index (χ4n) is 4.60. The van der Waals surface area contributed by atoms with E-state index in [1.54, 1.807) is 13.3 Å². The van der Waals surface area contributed by atoms with Crippen LogP contribution in [0.1, 0.15) is 68.8 Å². The molecule has 3 aromatic rings. The van der Waals surface area contributed by atoms with Crippen LogP contribution in [0, 0.1) is 20.8 Å². The summed E-state index contributed by atoms with van der Waals surface area (Å²) >= 11 is 0. The Bertz CT molecular complexity index is 1140. The number of carbonyl (C=O) groups excluding carboxylic acids is 1. The van der Waals surface area contributed by atoms with Crippen LogP contribution in [0.5, 0.6) is 5.75 Å². The van der Waals surface area contributed by atoms with Crippen LogP contribution in [0.15, 0.2) is 28.9 Å². The number of likely N-dealkylation sites (tertiary alicyclic amines) is 1. The van der Waals surface area contributed by atoms with Gasteiger partial charge in [0, 0.05) is 37.2 Å². The minimum atomic E-state index is -0.490. The number of aryl methyl sites for hydroxylation is 3. The van der Waals surface area contributed by atoms with Gasteiger partial charge in [-0.3, -0.25) is 9.69 Å². The minimum Gasteiger partial charge on any atom is -0.496 e. The smallest absolute Gasteiger partial charge is 0.252 e. The van der Waals surface area contributed by atoms with E-state index in [0.29, 0.717) is 11.3 Å². The molecule has 0 bridgehead atoms. The number of methoxy groups -OCH3 is 1. The summed E-state index contributed by atoms with van der Waals surface area (Å²) in [6, 6.07) is 6.39. The number of carbonyl (C=O) groups is 1. The average molecular weight is 450 g/mol. The summed E-state index contributed by atoms with van der Waals surface area (Å²) in [5.41, 5.74) is 10.8. The molecule has 0 saturated carbocycles. The van der Waals surface area contributed by atoms with Gasteiger partial charge in [0.25, 0.3) is 5.91 Å². The topological polar surface area (TPSA) is 107 Å². The fraction of sp³-hybridized carbons (Fsp3) is 0.440. The number of benzene rings is 1. The van der Waals surface area contributed by atoms with E-state index in [1.165, 1.54) is 5.56 Å². The van der Waals surface area contributed by atoms with E-state index >= 15 is 0 Å². The van der Waals surface area contributed by atoms with Crippen LogP contribution in [-0.2, 0) is 13.0 Å². The molecule has 1 aromatic carbocycles. The van der Waals surface area contributed by atoms with Gasteiger partial charge in [0.1, 0.15) is 17.3 Å². The van der Waals surface area contributed by atoms with E-state index < -0.39 is 5.91 Å². The number of hydrogen-bond donors (Lipinski definition) is 1. The molecule has 1 amide bonds. The predicted octanol–water partition coefficient (Wildman–Crippen LogP) is 3.47. The maximum absolute atomic E-state index is 11.5. The van der Waals surface area contributed by atoms with E-state index in [-0.39, 0.29) is 5.92 Å². The first-order chi connectivity index (χ1) is 15.9. The SMILES string of the molecule is COc1ccc(CN2CCC[C@H](c3ncc(C(N)=O)c(C)n3)C2)cc1Cc1c(C)noc1C. The standard InChI is InChI=1S/C25H31N5O3/c1-15-22(24(26)31)12-27-25(28-15)19-6-5-9-30(14-19)13-18-7-8-23(32-4)20(10-18)11-21-16(2)29-33-17(21)3/h7-8,10,12,19H,5-6,9,11,13-14H2,1-4H3,(H2,26,31)/t19-/m0/s1. The highest BCUT2D eigenvalue weighted by atomic mass is 16.5. The first-order valence-corrected chi connectivity index (χ1v) is 11.3. The van der Waals surface area contributed by atoms with Crippen LogP contribution >= 0.6 is 0 Å². The van der Waals surface area contributed by atoms with E-state index in [0.717, 1.165) is 73.1 Å². The van der Waals surface area contributed by atoms with E-state index in [2.05, 4.69) is 32.2 Å². The number of nitrogens with two attached hydrogens (primary N) is 1. The average Bonchev–Trinajstić information content (AvgIpc) is 3.11. The molecule has 8 nitrogen and oxygen atoms in total. The molecule has 2 N–H and O–H groups in total. The number of ether oxygens (including phenoxy) is 1. The summed E-state index contributed by atoms with van der Waals surface area (Å²) in [4.78, 5) is 23.0. The second-order valence-electron chi connectivity index (χ2n) is 8.79. The molecule has 33 heavy (non-hydrogen) atoms. The molecule has 1 aliphatic rings. The molecule has 4 rings (SSSR count). The van der Waals surface area contributed by atoms with Crippen LogP contribution in [0.25, 0.3) is 0 Å². The van der Waals surface area contributed by atoms with Gasteiger partial charge in [-0.05, 0) is 57.4 Å². The van der Waals surface area contributed by atoms with Gasteiger partial charge in [-0.1, -0.05) is 17.3 Å². The molecule has 1 atom stereocenters. The van der Waals surface area contributed by atoms with Gasteiger partial charge in [0.15, 0.2) is 0 Å². The van der Waals surface area contributed by atoms with Crippen molar-refractivity contribution in [2.75, 3.05) is 20.2 Å². The highest BCUT2D eigenvalue weighted by Gasteiger charge is 2.25. The van der Waals surface area contributed by atoms with E-state index in [4.69, 9.17) is 15.0 Å². The minimum absolute atomic E-state index is 0.236. The summed E-state index contributed by atoms with van der Waals surface area (Å²) in [5.74, 6) is 2.25. The summed E-state index contributed by atoms with van der Waals surface area (Å²) in [5, 5.41) is 4.08. The first-order valence-electron chi connectivity index (χ1n) is 11.3. The molecule has 8 heteroatoms. The van der Waals surface area contributed by atoms with Gasteiger partial charge < -0.3 is 15.0 Å². The summed E-state index contributed by atoms with van der Waals surface area (Å²) in [6.07, 6.45) is 4.39. The molecular weight excluding hydrogens is 418 g/mol. The summed E-state index contributed by atoms with van der Waals surface area (Å²) < 4.78 is 11.0. The molecule has 0 unspecified atom stereocenters. The highest BCUT2D eigenvalue weighted by Crippen LogP contribution is 2.29. The Balaban J connectivity index is 1.49. The maximum Gasteiger partial charge on any atom is 0.252 e. The molecule has 0 aliphatic carbocycles. The van der Waals surface area contributed by atoms with Crippen molar-refractivity contribution in [3.63, 3.8) is 0 Å².